The molecule has 0 fully saturated rings. The van der Waals surface area contributed by atoms with Gasteiger partial charge in [-0.3, -0.25) is 9.59 Å². The van der Waals surface area contributed by atoms with Crippen LogP contribution in [0.4, 0.5) is 13.2 Å². The van der Waals surface area contributed by atoms with Crippen LogP contribution in [-0.4, -0.2) is 17.9 Å². The number of halogens is 3. The van der Waals surface area contributed by atoms with Crippen molar-refractivity contribution in [2.45, 2.75) is 39.0 Å². The normalized spacial score (nSPS) is 13.5. The SMILES string of the molecule is CC[C@H](C)[C@H](NC(=O)c1ccccc1)C(=O)NCc1ccc(C(F)(F)F)cc1. The molecule has 28 heavy (non-hydrogen) atoms. The molecule has 0 aliphatic heterocycles. The largest absolute Gasteiger partial charge is 0.416 e. The Kier molecular flexibility index (Phi) is 7.20. The van der Waals surface area contributed by atoms with Gasteiger partial charge in [-0.25, -0.2) is 0 Å². The van der Waals surface area contributed by atoms with Crippen molar-refractivity contribution in [3.63, 3.8) is 0 Å². The summed E-state index contributed by atoms with van der Waals surface area (Å²) in [6, 6.07) is 12.4. The van der Waals surface area contributed by atoms with Crippen LogP contribution in [0.25, 0.3) is 0 Å². The van der Waals surface area contributed by atoms with Crippen LogP contribution in [0.2, 0.25) is 0 Å². The first-order chi connectivity index (χ1) is 13.2. The summed E-state index contributed by atoms with van der Waals surface area (Å²) < 4.78 is 37.9. The Balaban J connectivity index is 2.02. The topological polar surface area (TPSA) is 58.2 Å². The standard InChI is InChI=1S/C21H23F3N2O2/c1-3-14(2)18(26-19(27)16-7-5-4-6-8-16)20(28)25-13-15-9-11-17(12-10-15)21(22,23)24/h4-12,14,18H,3,13H2,1-2H3,(H,25,28)(H,26,27)/t14-,18-/m0/s1. The Morgan fingerprint density at radius 3 is 2.14 bits per heavy atom. The maximum Gasteiger partial charge on any atom is 0.416 e. The monoisotopic (exact) mass is 392 g/mol. The predicted octanol–water partition coefficient (Wildman–Crippen LogP) is 4.17. The van der Waals surface area contributed by atoms with E-state index in [0.29, 0.717) is 17.5 Å². The molecule has 0 aliphatic carbocycles. The lowest BCUT2D eigenvalue weighted by atomic mass is 9.97. The highest BCUT2D eigenvalue weighted by molar-refractivity contribution is 5.97. The maximum absolute atomic E-state index is 12.6. The number of amides is 2. The van der Waals surface area contributed by atoms with E-state index in [4.69, 9.17) is 0 Å². The molecule has 4 nitrogen and oxygen atoms in total. The van der Waals surface area contributed by atoms with Crippen LogP contribution in [0.15, 0.2) is 54.6 Å². The van der Waals surface area contributed by atoms with Gasteiger partial charge in [0.05, 0.1) is 5.56 Å². The molecule has 0 aromatic heterocycles. The van der Waals surface area contributed by atoms with Gasteiger partial charge >= 0.3 is 6.18 Å². The molecule has 2 aromatic carbocycles. The Bertz CT molecular complexity index is 790. The molecule has 150 valence electrons. The smallest absolute Gasteiger partial charge is 0.350 e. The summed E-state index contributed by atoms with van der Waals surface area (Å²) in [5, 5.41) is 5.44. The van der Waals surface area contributed by atoms with Crippen LogP contribution in [0.1, 0.15) is 41.8 Å². The van der Waals surface area contributed by atoms with E-state index < -0.39 is 17.8 Å². The molecule has 0 bridgehead atoms. The number of rotatable bonds is 7. The molecule has 2 amide bonds. The van der Waals surface area contributed by atoms with Crippen molar-refractivity contribution in [3.05, 3.63) is 71.3 Å². The highest BCUT2D eigenvalue weighted by atomic mass is 19.4. The fourth-order valence-corrected chi connectivity index (χ4v) is 2.63. The van der Waals surface area contributed by atoms with Gasteiger partial charge in [-0.15, -0.1) is 0 Å². The van der Waals surface area contributed by atoms with Gasteiger partial charge in [0.2, 0.25) is 5.91 Å². The molecule has 0 aliphatic rings. The van der Waals surface area contributed by atoms with Gasteiger partial charge in [0.25, 0.3) is 5.91 Å². The third-order valence-electron chi connectivity index (χ3n) is 4.57. The second kappa shape index (κ2) is 9.39. The molecular formula is C21H23F3N2O2. The van der Waals surface area contributed by atoms with Gasteiger partial charge in [-0.2, -0.15) is 13.2 Å². The number of benzene rings is 2. The van der Waals surface area contributed by atoms with E-state index >= 15 is 0 Å². The van der Waals surface area contributed by atoms with Gasteiger partial charge in [-0.1, -0.05) is 50.6 Å². The lowest BCUT2D eigenvalue weighted by Gasteiger charge is -2.23. The minimum atomic E-state index is -4.40. The minimum absolute atomic E-state index is 0.0745. The molecule has 2 atom stereocenters. The van der Waals surface area contributed by atoms with Gasteiger partial charge < -0.3 is 10.6 Å². The van der Waals surface area contributed by atoms with E-state index in [2.05, 4.69) is 10.6 Å². The molecule has 2 aromatic rings. The highest BCUT2D eigenvalue weighted by Gasteiger charge is 2.30. The zero-order valence-corrected chi connectivity index (χ0v) is 15.7. The van der Waals surface area contributed by atoms with E-state index in [-0.39, 0.29) is 24.3 Å². The van der Waals surface area contributed by atoms with Crippen LogP contribution >= 0.6 is 0 Å². The van der Waals surface area contributed by atoms with E-state index in [1.165, 1.54) is 12.1 Å². The molecule has 0 heterocycles. The summed E-state index contributed by atoms with van der Waals surface area (Å²) >= 11 is 0. The van der Waals surface area contributed by atoms with Gasteiger partial charge in [0, 0.05) is 12.1 Å². The fourth-order valence-electron chi connectivity index (χ4n) is 2.63. The third kappa shape index (κ3) is 5.84. The van der Waals surface area contributed by atoms with Crippen molar-refractivity contribution in [1.82, 2.24) is 10.6 Å². The average Bonchev–Trinajstić information content (AvgIpc) is 2.69. The maximum atomic E-state index is 12.6. The predicted molar refractivity (Wildman–Crippen MR) is 100 cm³/mol. The highest BCUT2D eigenvalue weighted by Crippen LogP contribution is 2.29. The number of alkyl halides is 3. The molecule has 0 spiro atoms. The molecule has 0 saturated carbocycles. The summed E-state index contributed by atoms with van der Waals surface area (Å²) in [6.07, 6.45) is -3.72. The summed E-state index contributed by atoms with van der Waals surface area (Å²) in [4.78, 5) is 25.0. The quantitative estimate of drug-likeness (QED) is 0.743. The number of carbonyl (C=O) groups excluding carboxylic acids is 2. The van der Waals surface area contributed by atoms with Crippen LogP contribution in [0.3, 0.4) is 0 Å². The van der Waals surface area contributed by atoms with Crippen LogP contribution in [0.5, 0.6) is 0 Å². The van der Waals surface area contributed by atoms with Gasteiger partial charge in [0.1, 0.15) is 6.04 Å². The van der Waals surface area contributed by atoms with Crippen LogP contribution in [0, 0.1) is 5.92 Å². The summed E-state index contributed by atoms with van der Waals surface area (Å²) in [7, 11) is 0. The van der Waals surface area contributed by atoms with Crippen molar-refractivity contribution in [1.29, 1.82) is 0 Å². The average molecular weight is 392 g/mol. The molecule has 7 heteroatoms. The Labute approximate surface area is 162 Å². The number of hydrogen-bond acceptors (Lipinski definition) is 2. The van der Waals surface area contributed by atoms with Gasteiger partial charge in [0.15, 0.2) is 0 Å². The van der Waals surface area contributed by atoms with Crippen LogP contribution < -0.4 is 10.6 Å². The lowest BCUT2D eigenvalue weighted by Crippen LogP contribution is -2.50. The molecule has 2 rings (SSSR count). The number of carbonyl (C=O) groups is 2. The molecular weight excluding hydrogens is 369 g/mol. The van der Waals surface area contributed by atoms with Crippen molar-refractivity contribution in [2.24, 2.45) is 5.92 Å². The minimum Gasteiger partial charge on any atom is -0.350 e. The van der Waals surface area contributed by atoms with Gasteiger partial charge in [-0.05, 0) is 35.7 Å². The number of nitrogens with one attached hydrogen (secondary N) is 2. The van der Waals surface area contributed by atoms with Crippen molar-refractivity contribution < 1.29 is 22.8 Å². The first-order valence-electron chi connectivity index (χ1n) is 9.02. The molecule has 0 unspecified atom stereocenters. The first-order valence-corrected chi connectivity index (χ1v) is 9.02. The number of hydrogen-bond donors (Lipinski definition) is 2. The van der Waals surface area contributed by atoms with Crippen LogP contribution in [-0.2, 0) is 17.5 Å². The zero-order valence-electron chi connectivity index (χ0n) is 15.7. The molecule has 0 saturated heterocycles. The summed E-state index contributed by atoms with van der Waals surface area (Å²) in [6.45, 7) is 3.84. The zero-order chi connectivity index (χ0) is 20.7. The van der Waals surface area contributed by atoms with Crippen molar-refractivity contribution in [2.75, 3.05) is 0 Å². The Morgan fingerprint density at radius 1 is 1.00 bits per heavy atom. The van der Waals surface area contributed by atoms with E-state index in [1.807, 2.05) is 13.8 Å². The second-order valence-corrected chi connectivity index (χ2v) is 6.62. The van der Waals surface area contributed by atoms with E-state index in [0.717, 1.165) is 12.1 Å². The fraction of sp³-hybridized carbons (Fsp3) is 0.333. The molecule has 0 radical (unpaired) electrons. The Morgan fingerprint density at radius 2 is 1.61 bits per heavy atom. The molecule has 2 N–H and O–H groups in total. The van der Waals surface area contributed by atoms with Crippen molar-refractivity contribution in [3.8, 4) is 0 Å². The van der Waals surface area contributed by atoms with Crippen molar-refractivity contribution >= 4 is 11.8 Å². The van der Waals surface area contributed by atoms with E-state index in [1.54, 1.807) is 30.3 Å². The summed E-state index contributed by atoms with van der Waals surface area (Å²) in [5.41, 5.74) is 0.250. The first kappa shape index (κ1) is 21.5. The lowest BCUT2D eigenvalue weighted by molar-refractivity contribution is -0.137. The Hall–Kier alpha value is -2.83. The van der Waals surface area contributed by atoms with E-state index in [9.17, 15) is 22.8 Å². The third-order valence-corrected chi connectivity index (χ3v) is 4.57. The second-order valence-electron chi connectivity index (χ2n) is 6.62. The summed E-state index contributed by atoms with van der Waals surface area (Å²) in [5.74, 6) is -0.839.